The van der Waals surface area contributed by atoms with E-state index in [9.17, 15) is 27.5 Å². The van der Waals surface area contributed by atoms with Crippen molar-refractivity contribution >= 4 is 5.91 Å². The molecule has 3 aromatic carbocycles. The minimum absolute atomic E-state index is 0.0464. The Bertz CT molecular complexity index is 1190. The molecule has 0 heterocycles. The summed E-state index contributed by atoms with van der Waals surface area (Å²) in [5, 5.41) is 16.9. The molecule has 0 spiro atoms. The Labute approximate surface area is 201 Å². The topological polar surface area (TPSA) is 61.4 Å². The van der Waals surface area contributed by atoms with E-state index >= 15 is 0 Å². The van der Waals surface area contributed by atoms with E-state index in [0.717, 1.165) is 30.5 Å². The van der Waals surface area contributed by atoms with E-state index in [2.05, 4.69) is 10.6 Å². The monoisotopic (exact) mass is 486 g/mol. The van der Waals surface area contributed by atoms with Gasteiger partial charge in [-0.2, -0.15) is 0 Å². The van der Waals surface area contributed by atoms with Gasteiger partial charge < -0.3 is 15.7 Å². The largest absolute Gasteiger partial charge is 0.390 e. The summed E-state index contributed by atoms with van der Waals surface area (Å²) in [7, 11) is 0. The summed E-state index contributed by atoms with van der Waals surface area (Å²) in [5.41, 5.74) is 1.90. The van der Waals surface area contributed by atoms with Gasteiger partial charge >= 0.3 is 0 Å². The van der Waals surface area contributed by atoms with Crippen LogP contribution in [0, 0.1) is 23.3 Å². The van der Waals surface area contributed by atoms with Crippen molar-refractivity contribution in [3.05, 3.63) is 95.1 Å². The zero-order valence-electron chi connectivity index (χ0n) is 19.1. The van der Waals surface area contributed by atoms with Crippen LogP contribution in [0.15, 0.2) is 60.7 Å². The summed E-state index contributed by atoms with van der Waals surface area (Å²) in [6.45, 7) is 1.42. The number of aliphatic hydroxyl groups excluding tert-OH is 1. The van der Waals surface area contributed by atoms with Gasteiger partial charge in [-0.3, -0.25) is 4.79 Å². The van der Waals surface area contributed by atoms with E-state index in [0.29, 0.717) is 16.7 Å². The molecular weight excluding hydrogens is 460 g/mol. The van der Waals surface area contributed by atoms with Gasteiger partial charge in [-0.1, -0.05) is 18.2 Å². The molecule has 1 fully saturated rings. The average molecular weight is 487 g/mol. The van der Waals surface area contributed by atoms with E-state index < -0.39 is 41.0 Å². The maximum atomic E-state index is 13.7. The van der Waals surface area contributed by atoms with Gasteiger partial charge in [-0.25, -0.2) is 17.6 Å². The second-order valence-corrected chi connectivity index (χ2v) is 9.06. The molecule has 1 saturated carbocycles. The molecule has 1 aliphatic rings. The van der Waals surface area contributed by atoms with Gasteiger partial charge in [0.15, 0.2) is 0 Å². The first-order chi connectivity index (χ1) is 16.6. The van der Waals surface area contributed by atoms with Gasteiger partial charge in [0.25, 0.3) is 0 Å². The molecule has 4 nitrogen and oxygen atoms in total. The summed E-state index contributed by atoms with van der Waals surface area (Å²) >= 11 is 0. The van der Waals surface area contributed by atoms with Gasteiger partial charge in [0.1, 0.15) is 23.3 Å². The Morgan fingerprint density at radius 1 is 0.914 bits per heavy atom. The van der Waals surface area contributed by atoms with E-state index in [-0.39, 0.29) is 18.9 Å². The number of aliphatic hydroxyl groups is 1. The molecular formula is C27H26F4N2O2. The molecule has 8 heteroatoms. The van der Waals surface area contributed by atoms with Crippen molar-refractivity contribution in [1.82, 2.24) is 10.6 Å². The van der Waals surface area contributed by atoms with Crippen LogP contribution in [0.5, 0.6) is 0 Å². The van der Waals surface area contributed by atoms with Crippen LogP contribution in [0.25, 0.3) is 11.1 Å². The zero-order valence-corrected chi connectivity index (χ0v) is 19.1. The lowest BCUT2D eigenvalue weighted by atomic mass is 9.97. The highest BCUT2D eigenvalue weighted by atomic mass is 19.1. The van der Waals surface area contributed by atoms with Gasteiger partial charge in [0.05, 0.1) is 12.1 Å². The van der Waals surface area contributed by atoms with Crippen molar-refractivity contribution in [1.29, 1.82) is 0 Å². The van der Waals surface area contributed by atoms with E-state index in [1.807, 2.05) is 18.2 Å². The maximum Gasteiger partial charge on any atom is 0.217 e. The Hall–Kier alpha value is -3.23. The predicted octanol–water partition coefficient (Wildman–Crippen LogP) is 4.60. The van der Waals surface area contributed by atoms with Crippen LogP contribution in [0.2, 0.25) is 0 Å². The lowest BCUT2D eigenvalue weighted by molar-refractivity contribution is -0.120. The number of hydrogen-bond acceptors (Lipinski definition) is 3. The lowest BCUT2D eigenvalue weighted by Gasteiger charge is -2.27. The smallest absolute Gasteiger partial charge is 0.217 e. The molecule has 35 heavy (non-hydrogen) atoms. The zero-order chi connectivity index (χ0) is 25.2. The number of amides is 1. The molecule has 4 rings (SSSR count). The first kappa shape index (κ1) is 24.9. The molecule has 0 aliphatic heterocycles. The lowest BCUT2D eigenvalue weighted by Crippen LogP contribution is -2.49. The summed E-state index contributed by atoms with van der Waals surface area (Å²) in [5.74, 6) is -3.15. The second-order valence-electron chi connectivity index (χ2n) is 9.06. The minimum atomic E-state index is -1.04. The van der Waals surface area contributed by atoms with Crippen molar-refractivity contribution in [2.75, 3.05) is 6.54 Å². The molecule has 1 amide bonds. The number of halogens is 4. The fourth-order valence-electron chi connectivity index (χ4n) is 4.38. The van der Waals surface area contributed by atoms with Crippen molar-refractivity contribution in [2.45, 2.75) is 43.9 Å². The Morgan fingerprint density at radius 2 is 1.51 bits per heavy atom. The number of carbonyl (C=O) groups is 1. The molecule has 1 aliphatic carbocycles. The average Bonchev–Trinajstić information content (AvgIpc) is 3.57. The summed E-state index contributed by atoms with van der Waals surface area (Å²) in [6, 6.07) is 13.0. The maximum absolute atomic E-state index is 13.7. The van der Waals surface area contributed by atoms with Crippen LogP contribution in [0.4, 0.5) is 17.6 Å². The molecule has 184 valence electrons. The summed E-state index contributed by atoms with van der Waals surface area (Å²) < 4.78 is 54.6. The van der Waals surface area contributed by atoms with E-state index in [1.54, 1.807) is 6.07 Å². The van der Waals surface area contributed by atoms with E-state index in [1.165, 1.54) is 31.2 Å². The van der Waals surface area contributed by atoms with Crippen molar-refractivity contribution in [2.24, 2.45) is 0 Å². The molecule has 3 N–H and O–H groups in total. The minimum Gasteiger partial charge on any atom is -0.390 e. The Balaban J connectivity index is 1.48. The molecule has 0 saturated heterocycles. The highest BCUT2D eigenvalue weighted by molar-refractivity contribution is 5.73. The molecule has 0 bridgehead atoms. The van der Waals surface area contributed by atoms with Gasteiger partial charge in [-0.05, 0) is 71.8 Å². The second kappa shape index (κ2) is 10.2. The number of benzene rings is 3. The number of hydrogen-bond donors (Lipinski definition) is 3. The Kier molecular flexibility index (Phi) is 7.23. The van der Waals surface area contributed by atoms with Gasteiger partial charge in [0.2, 0.25) is 5.91 Å². The van der Waals surface area contributed by atoms with Crippen LogP contribution in [-0.4, -0.2) is 29.7 Å². The van der Waals surface area contributed by atoms with Crippen LogP contribution in [-0.2, 0) is 16.8 Å². The van der Waals surface area contributed by atoms with Crippen molar-refractivity contribution in [3.63, 3.8) is 0 Å². The highest BCUT2D eigenvalue weighted by Crippen LogP contribution is 2.46. The number of carbonyl (C=O) groups excluding carboxylic acids is 1. The molecule has 0 radical (unpaired) electrons. The van der Waals surface area contributed by atoms with Crippen LogP contribution in [0.1, 0.15) is 30.9 Å². The highest BCUT2D eigenvalue weighted by Gasteiger charge is 2.44. The third-order valence-corrected chi connectivity index (χ3v) is 6.24. The van der Waals surface area contributed by atoms with E-state index in [4.69, 9.17) is 0 Å². The first-order valence-electron chi connectivity index (χ1n) is 11.4. The standard InChI is InChI=1S/C27H26F4N2O2/c1-16(34)33-25(9-17-7-21(28)13-22(29)8-17)26(35)15-32-27(5-6-27)20-4-2-3-18(10-20)19-11-23(30)14-24(31)12-19/h2-4,7-8,10-14,25-26,32,35H,5-6,9,15H2,1H3,(H,33,34)/t25-,26+/m0/s1. The third-order valence-electron chi connectivity index (χ3n) is 6.24. The SMILES string of the molecule is CC(=O)N[C@@H](Cc1cc(F)cc(F)c1)[C@H](O)CNC1(c2cccc(-c3cc(F)cc(F)c3)c2)CC1. The van der Waals surface area contributed by atoms with Crippen molar-refractivity contribution < 1.29 is 27.5 Å². The van der Waals surface area contributed by atoms with Crippen molar-refractivity contribution in [3.8, 4) is 11.1 Å². The molecule has 2 atom stereocenters. The Morgan fingerprint density at radius 3 is 2.09 bits per heavy atom. The van der Waals surface area contributed by atoms with Crippen LogP contribution in [0.3, 0.4) is 0 Å². The number of rotatable bonds is 9. The van der Waals surface area contributed by atoms with Crippen LogP contribution >= 0.6 is 0 Å². The quantitative estimate of drug-likeness (QED) is 0.388. The molecule has 3 aromatic rings. The van der Waals surface area contributed by atoms with Gasteiger partial charge in [-0.15, -0.1) is 0 Å². The fraction of sp³-hybridized carbons (Fsp3) is 0.296. The van der Waals surface area contributed by atoms with Crippen LogP contribution < -0.4 is 10.6 Å². The predicted molar refractivity (Wildman–Crippen MR) is 124 cm³/mol. The normalized spacial score (nSPS) is 15.9. The molecule has 0 aromatic heterocycles. The molecule has 0 unspecified atom stereocenters. The van der Waals surface area contributed by atoms with Gasteiger partial charge in [0, 0.05) is 31.1 Å². The fourth-order valence-corrected chi connectivity index (χ4v) is 4.38. The number of nitrogens with one attached hydrogen (secondary N) is 2. The first-order valence-corrected chi connectivity index (χ1v) is 11.4. The third kappa shape index (κ3) is 6.26. The summed E-state index contributed by atoms with van der Waals surface area (Å²) in [6.07, 6.45) is 0.592. The summed E-state index contributed by atoms with van der Waals surface area (Å²) in [4.78, 5) is 11.7.